The van der Waals surface area contributed by atoms with Gasteiger partial charge in [-0.05, 0) is 24.3 Å². The van der Waals surface area contributed by atoms with Crippen LogP contribution in [0.4, 0.5) is 4.39 Å². The van der Waals surface area contributed by atoms with Gasteiger partial charge < -0.3 is 10.5 Å². The van der Waals surface area contributed by atoms with Crippen LogP contribution in [0.25, 0.3) is 0 Å². The first-order valence-corrected chi connectivity index (χ1v) is 8.56. The molecule has 0 radical (unpaired) electrons. The van der Waals surface area contributed by atoms with Crippen LogP contribution in [0, 0.1) is 11.8 Å². The van der Waals surface area contributed by atoms with Gasteiger partial charge >= 0.3 is 0 Å². The molecule has 1 aromatic heterocycles. The van der Waals surface area contributed by atoms with E-state index in [9.17, 15) is 12.8 Å². The molecule has 1 saturated heterocycles. The molecule has 3 rings (SSSR count). The first kappa shape index (κ1) is 15.4. The summed E-state index contributed by atoms with van der Waals surface area (Å²) in [6.45, 7) is 1.25. The van der Waals surface area contributed by atoms with Gasteiger partial charge in [0.2, 0.25) is 15.9 Å². The monoisotopic (exact) mass is 327 g/mol. The molecule has 0 aromatic carbocycles. The van der Waals surface area contributed by atoms with E-state index < -0.39 is 10.0 Å². The molecule has 0 bridgehead atoms. The molecule has 1 aromatic rings. The summed E-state index contributed by atoms with van der Waals surface area (Å²) < 4.78 is 44.0. The predicted molar refractivity (Wildman–Crippen MR) is 78.3 cm³/mol. The molecular weight excluding hydrogens is 309 g/mol. The van der Waals surface area contributed by atoms with Crippen molar-refractivity contribution in [2.24, 2.45) is 17.6 Å². The quantitative estimate of drug-likeness (QED) is 0.839. The van der Waals surface area contributed by atoms with Gasteiger partial charge in [-0.2, -0.15) is 4.31 Å². The Balaban J connectivity index is 1.66. The van der Waals surface area contributed by atoms with Gasteiger partial charge in [-0.25, -0.2) is 17.8 Å². The molecule has 1 aliphatic heterocycles. The van der Waals surface area contributed by atoms with Crippen molar-refractivity contribution in [3.63, 3.8) is 0 Å². The second-order valence-corrected chi connectivity index (χ2v) is 7.61. The molecule has 2 N–H and O–H groups in total. The Bertz CT molecular complexity index is 665. The van der Waals surface area contributed by atoms with Crippen molar-refractivity contribution in [2.75, 3.05) is 26.2 Å². The third-order valence-electron chi connectivity index (χ3n) is 4.11. The molecule has 1 saturated carbocycles. The van der Waals surface area contributed by atoms with E-state index in [0.29, 0.717) is 36.8 Å². The maximum Gasteiger partial charge on any atom is 0.244 e. The highest BCUT2D eigenvalue weighted by Crippen LogP contribution is 2.46. The van der Waals surface area contributed by atoms with Crippen molar-refractivity contribution in [3.8, 4) is 5.88 Å². The van der Waals surface area contributed by atoms with Gasteiger partial charge in [0, 0.05) is 31.3 Å². The molecule has 8 heteroatoms. The standard InChI is InChI=1S/C14H18FN3O3S/c15-4-10(5-16)9-21-14-2-1-13(6-17-14)22(19,20)18-7-11-3-12(11)8-18/h1-2,4,6,11-12H,3,5,7-9,16H2. The normalized spacial score (nSPS) is 25.1. The number of ether oxygens (including phenoxy) is 1. The van der Waals surface area contributed by atoms with Crippen molar-refractivity contribution in [1.29, 1.82) is 0 Å². The van der Waals surface area contributed by atoms with E-state index in [2.05, 4.69) is 4.98 Å². The summed E-state index contributed by atoms with van der Waals surface area (Å²) in [7, 11) is -3.47. The molecule has 1 aliphatic carbocycles. The molecule has 2 heterocycles. The number of pyridine rings is 1. The zero-order valence-corrected chi connectivity index (χ0v) is 12.8. The number of hydrogen-bond acceptors (Lipinski definition) is 5. The molecule has 6 nitrogen and oxygen atoms in total. The summed E-state index contributed by atoms with van der Waals surface area (Å²) in [6, 6.07) is 2.93. The Morgan fingerprint density at radius 2 is 2.18 bits per heavy atom. The largest absolute Gasteiger partial charge is 0.473 e. The van der Waals surface area contributed by atoms with Crippen LogP contribution in [0.3, 0.4) is 0 Å². The second kappa shape index (κ2) is 5.94. The van der Waals surface area contributed by atoms with Crippen molar-refractivity contribution in [3.05, 3.63) is 30.2 Å². The fourth-order valence-corrected chi connectivity index (χ4v) is 4.11. The van der Waals surface area contributed by atoms with Gasteiger partial charge in [0.05, 0.1) is 12.5 Å². The number of halogens is 1. The molecule has 2 aliphatic rings. The maximum absolute atomic E-state index is 12.4. The van der Waals surface area contributed by atoms with Crippen molar-refractivity contribution in [2.45, 2.75) is 11.3 Å². The summed E-state index contributed by atoms with van der Waals surface area (Å²) in [6.07, 6.45) is 2.82. The number of hydrogen-bond donors (Lipinski definition) is 1. The number of aromatic nitrogens is 1. The molecule has 2 fully saturated rings. The lowest BCUT2D eigenvalue weighted by Gasteiger charge is -2.17. The van der Waals surface area contributed by atoms with Gasteiger partial charge in [0.25, 0.3) is 0 Å². The molecule has 22 heavy (non-hydrogen) atoms. The van der Waals surface area contributed by atoms with Crippen LogP contribution in [-0.4, -0.2) is 43.9 Å². The number of rotatable bonds is 6. The minimum atomic E-state index is -3.47. The van der Waals surface area contributed by atoms with Crippen LogP contribution >= 0.6 is 0 Å². The summed E-state index contributed by atoms with van der Waals surface area (Å²) >= 11 is 0. The smallest absolute Gasteiger partial charge is 0.244 e. The van der Waals surface area contributed by atoms with E-state index in [-0.39, 0.29) is 23.9 Å². The number of sulfonamides is 1. The summed E-state index contributed by atoms with van der Waals surface area (Å²) in [4.78, 5) is 4.12. The van der Waals surface area contributed by atoms with Gasteiger partial charge in [0.15, 0.2) is 0 Å². The summed E-state index contributed by atoms with van der Waals surface area (Å²) in [5, 5.41) is 0. The minimum Gasteiger partial charge on any atom is -0.473 e. The Morgan fingerprint density at radius 3 is 2.73 bits per heavy atom. The fourth-order valence-electron chi connectivity index (χ4n) is 2.61. The highest BCUT2D eigenvalue weighted by Gasteiger charge is 2.48. The lowest BCUT2D eigenvalue weighted by Crippen LogP contribution is -2.30. The number of piperidine rings is 1. The Labute approximate surface area is 128 Å². The highest BCUT2D eigenvalue weighted by molar-refractivity contribution is 7.89. The zero-order chi connectivity index (χ0) is 15.7. The van der Waals surface area contributed by atoms with Crippen molar-refractivity contribution >= 4 is 10.0 Å². The van der Waals surface area contributed by atoms with Gasteiger partial charge in [-0.3, -0.25) is 0 Å². The maximum atomic E-state index is 12.4. The molecule has 120 valence electrons. The van der Waals surface area contributed by atoms with Gasteiger partial charge in [0.1, 0.15) is 11.5 Å². The van der Waals surface area contributed by atoms with E-state index in [1.807, 2.05) is 0 Å². The van der Waals surface area contributed by atoms with Crippen molar-refractivity contribution in [1.82, 2.24) is 9.29 Å². The van der Waals surface area contributed by atoms with Crippen LogP contribution in [0.15, 0.2) is 35.1 Å². The Morgan fingerprint density at radius 1 is 1.45 bits per heavy atom. The first-order chi connectivity index (χ1) is 10.5. The lowest BCUT2D eigenvalue weighted by atomic mass is 10.3. The van der Waals surface area contributed by atoms with Crippen LogP contribution < -0.4 is 10.5 Å². The highest BCUT2D eigenvalue weighted by atomic mass is 32.2. The van der Waals surface area contributed by atoms with E-state index in [0.717, 1.165) is 6.42 Å². The van der Waals surface area contributed by atoms with E-state index in [1.165, 1.54) is 22.6 Å². The number of nitrogens with zero attached hydrogens (tertiary/aromatic N) is 2. The topological polar surface area (TPSA) is 85.5 Å². The molecule has 0 amide bonds. The predicted octanol–water partition coefficient (Wildman–Crippen LogP) is 0.913. The van der Waals surface area contributed by atoms with Gasteiger partial charge in [-0.1, -0.05) is 0 Å². The zero-order valence-electron chi connectivity index (χ0n) is 12.0. The summed E-state index contributed by atoms with van der Waals surface area (Å²) in [5.41, 5.74) is 5.62. The van der Waals surface area contributed by atoms with Crippen LogP contribution in [-0.2, 0) is 10.0 Å². The average molecular weight is 327 g/mol. The van der Waals surface area contributed by atoms with Crippen molar-refractivity contribution < 1.29 is 17.5 Å². The van der Waals surface area contributed by atoms with Crippen LogP contribution in [0.5, 0.6) is 5.88 Å². The average Bonchev–Trinajstić information content (AvgIpc) is 3.14. The van der Waals surface area contributed by atoms with E-state index in [4.69, 9.17) is 10.5 Å². The van der Waals surface area contributed by atoms with E-state index >= 15 is 0 Å². The fraction of sp³-hybridized carbons (Fsp3) is 0.500. The third kappa shape index (κ3) is 2.99. The third-order valence-corrected chi connectivity index (χ3v) is 5.93. The molecular formula is C14H18FN3O3S. The number of nitrogens with two attached hydrogens (primary N) is 1. The van der Waals surface area contributed by atoms with Crippen LogP contribution in [0.1, 0.15) is 6.42 Å². The molecule has 2 atom stereocenters. The Kier molecular flexibility index (Phi) is 4.16. The minimum absolute atomic E-state index is 0.0123. The lowest BCUT2D eigenvalue weighted by molar-refractivity contribution is 0.333. The van der Waals surface area contributed by atoms with E-state index in [1.54, 1.807) is 0 Å². The molecule has 2 unspecified atom stereocenters. The second-order valence-electron chi connectivity index (χ2n) is 5.67. The summed E-state index contributed by atoms with van der Waals surface area (Å²) in [5.74, 6) is 1.30. The molecule has 0 spiro atoms. The Hall–Kier alpha value is -1.51. The first-order valence-electron chi connectivity index (χ1n) is 7.12. The number of fused-ring (bicyclic) bond motifs is 1. The SMILES string of the molecule is NCC(=CF)COc1ccc(S(=O)(=O)N2CC3CC3C2)cn1. The van der Waals surface area contributed by atoms with Gasteiger partial charge in [-0.15, -0.1) is 0 Å². The van der Waals surface area contributed by atoms with Crippen LogP contribution in [0.2, 0.25) is 0 Å².